The lowest BCUT2D eigenvalue weighted by Crippen LogP contribution is -2.47. The zero-order valence-electron chi connectivity index (χ0n) is 19.9. The molecule has 0 bridgehead atoms. The Morgan fingerprint density at radius 2 is 1.67 bits per heavy atom. The minimum Gasteiger partial charge on any atom is -0.354 e. The molecule has 3 heterocycles. The number of benzene rings is 2. The monoisotopic (exact) mass is 441 g/mol. The van der Waals surface area contributed by atoms with Crippen molar-refractivity contribution < 1.29 is 0 Å². The van der Waals surface area contributed by atoms with Crippen molar-refractivity contribution in [1.82, 2.24) is 14.8 Å². The number of unbranched alkanes of at least 4 members (excludes halogenated alkanes) is 1. The van der Waals surface area contributed by atoms with Crippen molar-refractivity contribution in [2.24, 2.45) is 4.99 Å². The summed E-state index contributed by atoms with van der Waals surface area (Å²) in [7, 11) is 0. The third-order valence-corrected chi connectivity index (χ3v) is 6.92. The van der Waals surface area contributed by atoms with Crippen molar-refractivity contribution >= 4 is 22.9 Å². The average Bonchev–Trinajstić information content (AvgIpc) is 2.86. The van der Waals surface area contributed by atoms with Gasteiger partial charge in [0.25, 0.3) is 0 Å². The predicted molar refractivity (Wildman–Crippen MR) is 137 cm³/mol. The molecule has 1 unspecified atom stereocenters. The molecule has 3 aromatic rings. The van der Waals surface area contributed by atoms with Crippen LogP contribution in [0, 0.1) is 0 Å². The van der Waals surface area contributed by atoms with Crippen molar-refractivity contribution in [2.45, 2.75) is 45.3 Å². The first kappa shape index (κ1) is 21.9. The summed E-state index contributed by atoms with van der Waals surface area (Å²) in [6.07, 6.45) is 6.12. The Balaban J connectivity index is 1.10. The first-order chi connectivity index (χ1) is 16.2. The molecule has 0 aliphatic carbocycles. The smallest absolute Gasteiger partial charge is 0.129 e. The number of anilines is 1. The highest BCUT2D eigenvalue weighted by atomic mass is 15.3. The average molecular weight is 442 g/mol. The van der Waals surface area contributed by atoms with Crippen molar-refractivity contribution in [3.05, 3.63) is 71.2 Å². The number of aromatic nitrogens is 1. The Bertz CT molecular complexity index is 1200. The van der Waals surface area contributed by atoms with E-state index in [0.29, 0.717) is 6.04 Å². The van der Waals surface area contributed by atoms with Gasteiger partial charge in [-0.1, -0.05) is 36.4 Å². The molecule has 5 rings (SSSR count). The minimum atomic E-state index is 0.260. The van der Waals surface area contributed by atoms with Gasteiger partial charge in [-0.15, -0.1) is 0 Å². The molecule has 0 saturated carbocycles. The van der Waals surface area contributed by atoms with Crippen molar-refractivity contribution in [3.8, 4) is 0 Å². The predicted octanol–water partition coefficient (Wildman–Crippen LogP) is 3.64. The van der Waals surface area contributed by atoms with Crippen LogP contribution in [0.25, 0.3) is 17.1 Å². The second-order valence-electron chi connectivity index (χ2n) is 9.53. The van der Waals surface area contributed by atoms with Gasteiger partial charge < -0.3 is 9.80 Å². The highest BCUT2D eigenvalue weighted by Gasteiger charge is 2.21. The van der Waals surface area contributed by atoms with Crippen molar-refractivity contribution in [1.29, 1.82) is 0 Å². The number of hydrogen-bond donors (Lipinski definition) is 0. The second kappa shape index (κ2) is 9.92. The summed E-state index contributed by atoms with van der Waals surface area (Å²) in [5.74, 6) is 1.11. The topological polar surface area (TPSA) is 35.0 Å². The molecule has 1 saturated heterocycles. The lowest BCUT2D eigenvalue weighted by Gasteiger charge is -2.36. The molecule has 1 aromatic heterocycles. The van der Waals surface area contributed by atoms with Gasteiger partial charge in [-0.05, 0) is 63.9 Å². The van der Waals surface area contributed by atoms with Gasteiger partial charge in [0.1, 0.15) is 12.0 Å². The molecule has 2 aliphatic rings. The molecule has 2 aliphatic heterocycles. The molecule has 2 aromatic carbocycles. The first-order valence-electron chi connectivity index (χ1n) is 12.4. The Kier molecular flexibility index (Phi) is 6.58. The Hall–Kier alpha value is -2.92. The maximum Gasteiger partial charge on any atom is 0.129 e. The van der Waals surface area contributed by atoms with Gasteiger partial charge in [-0.25, -0.2) is 4.98 Å². The number of fused-ring (bicyclic) bond motifs is 2. The zero-order valence-corrected chi connectivity index (χ0v) is 19.9. The van der Waals surface area contributed by atoms with E-state index >= 15 is 0 Å². The van der Waals surface area contributed by atoms with Crippen LogP contribution >= 0.6 is 0 Å². The van der Waals surface area contributed by atoms with E-state index < -0.39 is 0 Å². The number of pyridine rings is 1. The van der Waals surface area contributed by atoms with E-state index in [0.717, 1.165) is 49.3 Å². The molecule has 0 amide bonds. The summed E-state index contributed by atoms with van der Waals surface area (Å²) in [6.45, 7) is 10.0. The summed E-state index contributed by atoms with van der Waals surface area (Å²) in [5.41, 5.74) is 1.08. The van der Waals surface area contributed by atoms with Crippen molar-refractivity contribution in [2.75, 3.05) is 37.6 Å². The largest absolute Gasteiger partial charge is 0.354 e. The SMILES string of the molecule is CC(C)N1C=c2ccccc2=NC1CCCCN1CCN(c2ccc3ccccc3n2)CC1. The molecule has 172 valence electrons. The van der Waals surface area contributed by atoms with Gasteiger partial charge in [-0.3, -0.25) is 9.89 Å². The van der Waals surface area contributed by atoms with Gasteiger partial charge >= 0.3 is 0 Å². The Morgan fingerprint density at radius 1 is 0.879 bits per heavy atom. The molecule has 0 radical (unpaired) electrons. The fourth-order valence-electron chi connectivity index (χ4n) is 4.99. The van der Waals surface area contributed by atoms with E-state index in [1.807, 2.05) is 0 Å². The van der Waals surface area contributed by atoms with Crippen LogP contribution in [0.3, 0.4) is 0 Å². The molecular formula is C28H35N5. The van der Waals surface area contributed by atoms with Gasteiger partial charge in [0.15, 0.2) is 0 Å². The van der Waals surface area contributed by atoms with E-state index in [9.17, 15) is 0 Å². The summed E-state index contributed by atoms with van der Waals surface area (Å²) in [4.78, 5) is 17.4. The second-order valence-corrected chi connectivity index (χ2v) is 9.53. The number of rotatable bonds is 7. The van der Waals surface area contributed by atoms with Crippen LogP contribution < -0.4 is 15.5 Å². The van der Waals surface area contributed by atoms with Gasteiger partial charge in [0, 0.05) is 49.0 Å². The van der Waals surface area contributed by atoms with E-state index in [1.165, 1.54) is 30.0 Å². The highest BCUT2D eigenvalue weighted by Crippen LogP contribution is 2.20. The molecule has 5 heteroatoms. The lowest BCUT2D eigenvalue weighted by atomic mass is 10.1. The molecule has 1 fully saturated rings. The van der Waals surface area contributed by atoms with Crippen LogP contribution in [0.4, 0.5) is 5.82 Å². The Morgan fingerprint density at radius 3 is 2.52 bits per heavy atom. The molecule has 0 spiro atoms. The number of nitrogens with zero attached hydrogens (tertiary/aromatic N) is 5. The normalized spacial score (nSPS) is 18.8. The summed E-state index contributed by atoms with van der Waals surface area (Å²) in [5, 5.41) is 3.58. The summed E-state index contributed by atoms with van der Waals surface area (Å²) >= 11 is 0. The first-order valence-corrected chi connectivity index (χ1v) is 12.4. The third-order valence-electron chi connectivity index (χ3n) is 6.92. The lowest BCUT2D eigenvalue weighted by molar-refractivity contribution is 0.222. The molecule has 33 heavy (non-hydrogen) atoms. The number of hydrogen-bond acceptors (Lipinski definition) is 5. The third kappa shape index (κ3) is 5.03. The Labute approximate surface area is 197 Å². The van der Waals surface area contributed by atoms with E-state index in [4.69, 9.17) is 9.98 Å². The van der Waals surface area contributed by atoms with Crippen LogP contribution in [-0.2, 0) is 0 Å². The maximum atomic E-state index is 5.06. The summed E-state index contributed by atoms with van der Waals surface area (Å²) < 4.78 is 0. The van der Waals surface area contributed by atoms with Crippen LogP contribution in [0.1, 0.15) is 33.1 Å². The van der Waals surface area contributed by atoms with Crippen LogP contribution in [-0.4, -0.2) is 59.7 Å². The van der Waals surface area contributed by atoms with E-state index in [-0.39, 0.29) is 6.17 Å². The van der Waals surface area contributed by atoms with E-state index in [2.05, 4.69) is 95.4 Å². The fourth-order valence-corrected chi connectivity index (χ4v) is 4.99. The molecule has 0 N–H and O–H groups in total. The summed E-state index contributed by atoms with van der Waals surface area (Å²) in [6, 6.07) is 21.7. The van der Waals surface area contributed by atoms with Gasteiger partial charge in [-0.2, -0.15) is 0 Å². The van der Waals surface area contributed by atoms with Gasteiger partial charge in [0.2, 0.25) is 0 Å². The number of para-hydroxylation sites is 2. The number of piperazine rings is 1. The minimum absolute atomic E-state index is 0.260. The van der Waals surface area contributed by atoms with Crippen LogP contribution in [0.15, 0.2) is 65.7 Å². The maximum absolute atomic E-state index is 5.06. The highest BCUT2D eigenvalue weighted by molar-refractivity contribution is 5.80. The quantitative estimate of drug-likeness (QED) is 0.525. The van der Waals surface area contributed by atoms with Gasteiger partial charge in [0.05, 0.1) is 10.9 Å². The van der Waals surface area contributed by atoms with Crippen LogP contribution in [0.5, 0.6) is 0 Å². The van der Waals surface area contributed by atoms with E-state index in [1.54, 1.807) is 0 Å². The molecule has 5 nitrogen and oxygen atoms in total. The molecular weight excluding hydrogens is 406 g/mol. The van der Waals surface area contributed by atoms with Crippen molar-refractivity contribution in [3.63, 3.8) is 0 Å². The standard InChI is InChI=1S/C28H35N5/c1-22(2)33-21-24-10-4-6-12-26(24)30-28(33)13-7-8-16-31-17-19-32(20-18-31)27-15-14-23-9-3-5-11-25(23)29-27/h3-6,9-12,14-15,21-22,28H,7-8,13,16-20H2,1-2H3. The fraction of sp³-hybridized carbons (Fsp3) is 0.429. The molecule has 1 atom stereocenters. The van der Waals surface area contributed by atoms with Crippen LogP contribution in [0.2, 0.25) is 0 Å². The zero-order chi connectivity index (χ0) is 22.6.